The number of hydrogen-bond donors (Lipinski definition) is 5. The largest absolute Gasteiger partial charge is 0.459 e. The predicted octanol–water partition coefficient (Wildman–Crippen LogP) is 3.29. The number of nitrogens with one attached hydrogen (secondary N) is 1. The second-order valence-electron chi connectivity index (χ2n) is 16.9. The van der Waals surface area contributed by atoms with Crippen LogP contribution in [0.1, 0.15) is 107 Å². The number of alkyl carbamates (subject to hydrolysis) is 1. The van der Waals surface area contributed by atoms with Gasteiger partial charge in [0, 0.05) is 31.1 Å². The molecule has 1 amide bonds. The average molecular weight is 730 g/mol. The van der Waals surface area contributed by atoms with Gasteiger partial charge in [-0.2, -0.15) is 0 Å². The molecule has 298 valence electrons. The van der Waals surface area contributed by atoms with Crippen molar-refractivity contribution in [3.05, 3.63) is 0 Å². The maximum atomic E-state index is 14.0. The molecular weight excluding hydrogens is 658 g/mol. The highest BCUT2D eigenvalue weighted by molar-refractivity contribution is 5.74. The molecule has 2 saturated heterocycles. The highest BCUT2D eigenvalue weighted by Crippen LogP contribution is 2.37. The van der Waals surface area contributed by atoms with Gasteiger partial charge in [0.05, 0.1) is 23.7 Å². The van der Waals surface area contributed by atoms with E-state index in [-0.39, 0.29) is 30.9 Å². The first-order valence-corrected chi connectivity index (χ1v) is 19.3. The van der Waals surface area contributed by atoms with Crippen molar-refractivity contribution in [3.8, 4) is 0 Å². The molecule has 51 heavy (non-hydrogen) atoms. The number of likely N-dealkylation sites (N-methyl/N-ethyl adjacent to an activating group) is 2. The number of nitrogens with zero attached hydrogens (tertiary/aromatic N) is 2. The van der Waals surface area contributed by atoms with Gasteiger partial charge in [-0.25, -0.2) is 4.79 Å². The molecule has 13 heteroatoms. The highest BCUT2D eigenvalue weighted by atomic mass is 16.7. The van der Waals surface area contributed by atoms with Gasteiger partial charge in [-0.3, -0.25) is 4.79 Å². The first kappa shape index (κ1) is 43.8. The molecule has 0 aromatic rings. The number of aliphatic hydroxyl groups excluding tert-OH is 2. The maximum absolute atomic E-state index is 14.0. The minimum atomic E-state index is -1.80. The van der Waals surface area contributed by atoms with Crippen molar-refractivity contribution in [2.45, 2.75) is 173 Å². The SMILES string of the molecule is CCC1OC(=O)C(C)C(OC(=O)NCC2CCCCC2)C(C)C(OC2OC(C)CC(N(C)C)C2O)C(C)(O)CC(C)CN(C)C(C)C(O)C1(C)O. The fourth-order valence-corrected chi connectivity index (χ4v) is 8.72. The monoisotopic (exact) mass is 730 g/mol. The Morgan fingerprint density at radius 3 is 2.27 bits per heavy atom. The second-order valence-corrected chi connectivity index (χ2v) is 16.9. The number of cyclic esters (lactones) is 1. The zero-order chi connectivity index (χ0) is 38.4. The van der Waals surface area contributed by atoms with Crippen LogP contribution in [0.2, 0.25) is 0 Å². The summed E-state index contributed by atoms with van der Waals surface area (Å²) in [7, 11) is 5.60. The summed E-state index contributed by atoms with van der Waals surface area (Å²) in [5.41, 5.74) is -3.37. The first-order valence-electron chi connectivity index (χ1n) is 19.3. The van der Waals surface area contributed by atoms with Crippen LogP contribution in [0.3, 0.4) is 0 Å². The third kappa shape index (κ3) is 11.2. The Bertz CT molecular complexity index is 1100. The third-order valence-electron chi connectivity index (χ3n) is 11.9. The summed E-state index contributed by atoms with van der Waals surface area (Å²) in [4.78, 5) is 31.3. The number of aliphatic hydroxyl groups is 4. The minimum absolute atomic E-state index is 0.144. The number of ether oxygens (including phenoxy) is 4. The van der Waals surface area contributed by atoms with Crippen molar-refractivity contribution in [2.75, 3.05) is 34.2 Å². The Kier molecular flexibility index (Phi) is 16.0. The lowest BCUT2D eigenvalue weighted by molar-refractivity contribution is -0.299. The van der Waals surface area contributed by atoms with Crippen LogP contribution in [0.5, 0.6) is 0 Å². The number of esters is 1. The lowest BCUT2D eigenvalue weighted by Gasteiger charge is -2.47. The molecule has 13 nitrogen and oxygen atoms in total. The first-order chi connectivity index (χ1) is 23.7. The Morgan fingerprint density at radius 1 is 1.06 bits per heavy atom. The van der Waals surface area contributed by atoms with E-state index in [4.69, 9.17) is 18.9 Å². The maximum Gasteiger partial charge on any atom is 0.407 e. The van der Waals surface area contributed by atoms with E-state index in [2.05, 4.69) is 5.32 Å². The number of amides is 1. The van der Waals surface area contributed by atoms with Crippen LogP contribution in [0, 0.1) is 23.7 Å². The molecule has 2 aliphatic heterocycles. The summed E-state index contributed by atoms with van der Waals surface area (Å²) in [6, 6.07) is -0.806. The molecule has 0 aromatic heterocycles. The van der Waals surface area contributed by atoms with Crippen molar-refractivity contribution < 1.29 is 49.0 Å². The van der Waals surface area contributed by atoms with Gasteiger partial charge in [-0.05, 0) is 99.7 Å². The van der Waals surface area contributed by atoms with Crippen LogP contribution in [0.15, 0.2) is 0 Å². The number of hydrogen-bond acceptors (Lipinski definition) is 12. The van der Waals surface area contributed by atoms with E-state index in [1.807, 2.05) is 44.8 Å². The molecule has 3 fully saturated rings. The predicted molar refractivity (Wildman–Crippen MR) is 194 cm³/mol. The standard InChI is InChI=1S/C38H71N3O10/c1-12-29-38(8,47)32(43)26(6)41(11)21-22(2)19-37(7,46)33(51-35-30(42)28(40(9)10)18-23(3)48-35)24(4)31(25(5)34(44)49-29)50-36(45)39-20-27-16-14-13-15-17-27/h22-33,35,42-43,46-47H,12-21H2,1-11H3,(H,39,45). The van der Waals surface area contributed by atoms with Crippen LogP contribution in [-0.2, 0) is 23.7 Å². The van der Waals surface area contributed by atoms with Crippen LogP contribution in [-0.4, -0.2) is 143 Å². The topological polar surface area (TPSA) is 170 Å². The molecule has 0 radical (unpaired) electrons. The number of rotatable bonds is 7. The fraction of sp³-hybridized carbons (Fsp3) is 0.947. The number of carbonyl (C=O) groups is 2. The summed E-state index contributed by atoms with van der Waals surface area (Å²) in [5.74, 6) is -2.42. The fourth-order valence-electron chi connectivity index (χ4n) is 8.72. The normalized spacial score (nSPS) is 43.2. The Hall–Kier alpha value is -1.58. The summed E-state index contributed by atoms with van der Waals surface area (Å²) < 4.78 is 24.9. The summed E-state index contributed by atoms with van der Waals surface area (Å²) >= 11 is 0. The van der Waals surface area contributed by atoms with Crippen molar-refractivity contribution in [2.24, 2.45) is 23.7 Å². The van der Waals surface area contributed by atoms with E-state index >= 15 is 0 Å². The molecule has 3 rings (SSSR count). The molecule has 2 heterocycles. The molecule has 3 aliphatic rings. The minimum Gasteiger partial charge on any atom is -0.459 e. The van der Waals surface area contributed by atoms with Gasteiger partial charge in [-0.1, -0.05) is 40.0 Å². The van der Waals surface area contributed by atoms with Crippen molar-refractivity contribution >= 4 is 12.1 Å². The molecule has 14 atom stereocenters. The van der Waals surface area contributed by atoms with Gasteiger partial charge in [0.25, 0.3) is 0 Å². The summed E-state index contributed by atoms with van der Waals surface area (Å²) in [5, 5.41) is 49.8. The molecule has 5 N–H and O–H groups in total. The Labute approximate surface area is 306 Å². The van der Waals surface area contributed by atoms with Crippen molar-refractivity contribution in [3.63, 3.8) is 0 Å². The van der Waals surface area contributed by atoms with Crippen LogP contribution in [0.4, 0.5) is 4.79 Å². The second kappa shape index (κ2) is 18.6. The molecule has 1 saturated carbocycles. The van der Waals surface area contributed by atoms with Crippen molar-refractivity contribution in [1.29, 1.82) is 0 Å². The van der Waals surface area contributed by atoms with E-state index in [1.165, 1.54) is 13.3 Å². The van der Waals surface area contributed by atoms with Gasteiger partial charge in [-0.15, -0.1) is 0 Å². The molecule has 0 aromatic carbocycles. The lowest BCUT2D eigenvalue weighted by atomic mass is 9.77. The summed E-state index contributed by atoms with van der Waals surface area (Å²) in [6.45, 7) is 14.8. The zero-order valence-corrected chi connectivity index (χ0v) is 33.2. The molecule has 14 unspecified atom stereocenters. The van der Waals surface area contributed by atoms with Crippen LogP contribution in [0.25, 0.3) is 0 Å². The smallest absolute Gasteiger partial charge is 0.407 e. The van der Waals surface area contributed by atoms with E-state index in [0.29, 0.717) is 25.4 Å². The Balaban J connectivity index is 2.08. The quantitative estimate of drug-likeness (QED) is 0.243. The van der Waals surface area contributed by atoms with Gasteiger partial charge in [0.2, 0.25) is 0 Å². The molecular formula is C38H71N3O10. The highest BCUT2D eigenvalue weighted by Gasteiger charge is 2.51. The molecule has 1 aliphatic carbocycles. The number of carbonyl (C=O) groups excluding carboxylic acids is 2. The summed E-state index contributed by atoms with van der Waals surface area (Å²) in [6.07, 6.45) is -1.20. The van der Waals surface area contributed by atoms with Crippen LogP contribution < -0.4 is 5.32 Å². The Morgan fingerprint density at radius 2 is 1.69 bits per heavy atom. The average Bonchev–Trinajstić information content (AvgIpc) is 3.06. The van der Waals surface area contributed by atoms with Crippen LogP contribution >= 0.6 is 0 Å². The van der Waals surface area contributed by atoms with E-state index in [0.717, 1.165) is 25.7 Å². The van der Waals surface area contributed by atoms with Gasteiger partial charge in [0.1, 0.15) is 30.0 Å². The van der Waals surface area contributed by atoms with E-state index < -0.39 is 78.0 Å². The molecule has 0 spiro atoms. The zero-order valence-electron chi connectivity index (χ0n) is 33.2. The lowest BCUT2D eigenvalue weighted by Crippen LogP contribution is -2.59. The third-order valence-corrected chi connectivity index (χ3v) is 11.9. The van der Waals surface area contributed by atoms with E-state index in [1.54, 1.807) is 34.6 Å². The van der Waals surface area contributed by atoms with E-state index in [9.17, 15) is 30.0 Å². The van der Waals surface area contributed by atoms with Gasteiger partial charge in [0.15, 0.2) is 6.29 Å². The van der Waals surface area contributed by atoms with Gasteiger partial charge >= 0.3 is 12.1 Å². The van der Waals surface area contributed by atoms with Gasteiger partial charge < -0.3 is 54.5 Å². The van der Waals surface area contributed by atoms with Crippen molar-refractivity contribution in [1.82, 2.24) is 15.1 Å². The molecule has 0 bridgehead atoms.